The Hall–Kier alpha value is -0.510. The summed E-state index contributed by atoms with van der Waals surface area (Å²) in [6.07, 6.45) is 11.0. The molecule has 1 saturated carbocycles. The lowest BCUT2D eigenvalue weighted by atomic mass is 9.79. The van der Waals surface area contributed by atoms with E-state index in [4.69, 9.17) is 16.0 Å². The highest BCUT2D eigenvalue weighted by Crippen LogP contribution is 2.35. The molecule has 2 aliphatic rings. The molecule has 1 aliphatic heterocycles. The van der Waals surface area contributed by atoms with Crippen LogP contribution in [0.15, 0.2) is 16.5 Å². The van der Waals surface area contributed by atoms with E-state index in [9.17, 15) is 0 Å². The Labute approximate surface area is 133 Å². The lowest BCUT2D eigenvalue weighted by Crippen LogP contribution is -2.57. The quantitative estimate of drug-likeness (QED) is 0.883. The number of hydrogen-bond acceptors (Lipinski definition) is 3. The van der Waals surface area contributed by atoms with Crippen LogP contribution < -0.4 is 5.32 Å². The highest BCUT2D eigenvalue weighted by molar-refractivity contribution is 6.28. The minimum atomic E-state index is 0.384. The number of piperidine rings is 1. The Bertz CT molecular complexity index is 434. The Morgan fingerprint density at radius 2 is 1.76 bits per heavy atom. The van der Waals surface area contributed by atoms with Crippen molar-refractivity contribution >= 4 is 11.6 Å². The van der Waals surface area contributed by atoms with Crippen molar-refractivity contribution in [2.45, 2.75) is 63.5 Å². The zero-order valence-corrected chi connectivity index (χ0v) is 13.6. The second-order valence-corrected chi connectivity index (χ2v) is 7.01. The molecule has 3 rings (SSSR count). The van der Waals surface area contributed by atoms with Crippen molar-refractivity contribution in [2.75, 3.05) is 19.6 Å². The van der Waals surface area contributed by atoms with Crippen molar-refractivity contribution in [1.82, 2.24) is 10.2 Å². The first-order valence-electron chi connectivity index (χ1n) is 8.49. The van der Waals surface area contributed by atoms with Gasteiger partial charge in [-0.15, -0.1) is 0 Å². The summed E-state index contributed by atoms with van der Waals surface area (Å²) in [7, 11) is 0. The molecule has 118 valence electrons. The Morgan fingerprint density at radius 1 is 1.05 bits per heavy atom. The van der Waals surface area contributed by atoms with Crippen LogP contribution in [0.2, 0.25) is 5.22 Å². The number of nitrogens with one attached hydrogen (secondary N) is 1. The molecule has 0 bridgehead atoms. The van der Waals surface area contributed by atoms with E-state index in [2.05, 4.69) is 10.2 Å². The van der Waals surface area contributed by atoms with E-state index in [1.54, 1.807) is 0 Å². The Balaban J connectivity index is 1.59. The topological polar surface area (TPSA) is 28.4 Å². The summed E-state index contributed by atoms with van der Waals surface area (Å²) in [6.45, 7) is 4.43. The SMILES string of the molecule is Clc1ccc(CNCC2(N3CCCCC3)CCCCC2)o1. The van der Waals surface area contributed by atoms with Crippen LogP contribution in [0.1, 0.15) is 57.1 Å². The Morgan fingerprint density at radius 3 is 2.43 bits per heavy atom. The molecule has 0 amide bonds. The monoisotopic (exact) mass is 310 g/mol. The molecule has 3 nitrogen and oxygen atoms in total. The minimum absolute atomic E-state index is 0.384. The van der Waals surface area contributed by atoms with Crippen LogP contribution in [-0.4, -0.2) is 30.1 Å². The molecule has 0 unspecified atom stereocenters. The molecule has 1 N–H and O–H groups in total. The smallest absolute Gasteiger partial charge is 0.193 e. The van der Waals surface area contributed by atoms with Gasteiger partial charge in [-0.3, -0.25) is 4.90 Å². The number of nitrogens with zero attached hydrogens (tertiary/aromatic N) is 1. The van der Waals surface area contributed by atoms with E-state index in [1.165, 1.54) is 64.5 Å². The molecule has 21 heavy (non-hydrogen) atoms. The van der Waals surface area contributed by atoms with Gasteiger partial charge in [-0.1, -0.05) is 25.7 Å². The Kier molecular flexibility index (Phi) is 5.25. The van der Waals surface area contributed by atoms with Crippen LogP contribution in [0.5, 0.6) is 0 Å². The lowest BCUT2D eigenvalue weighted by molar-refractivity contribution is 0.0330. The largest absolute Gasteiger partial charge is 0.448 e. The van der Waals surface area contributed by atoms with Gasteiger partial charge in [-0.25, -0.2) is 0 Å². The van der Waals surface area contributed by atoms with Crippen molar-refractivity contribution in [3.8, 4) is 0 Å². The first kappa shape index (κ1) is 15.4. The predicted molar refractivity (Wildman–Crippen MR) is 86.7 cm³/mol. The molecule has 0 aromatic carbocycles. The summed E-state index contributed by atoms with van der Waals surface area (Å²) in [5.41, 5.74) is 0.384. The number of hydrogen-bond donors (Lipinski definition) is 1. The van der Waals surface area contributed by atoms with Crippen LogP contribution in [0, 0.1) is 0 Å². The van der Waals surface area contributed by atoms with Crippen LogP contribution >= 0.6 is 11.6 Å². The van der Waals surface area contributed by atoms with E-state index in [0.717, 1.165) is 18.8 Å². The number of likely N-dealkylation sites (tertiary alicyclic amines) is 1. The highest BCUT2D eigenvalue weighted by atomic mass is 35.5. The summed E-state index contributed by atoms with van der Waals surface area (Å²) in [5.74, 6) is 0.935. The van der Waals surface area contributed by atoms with Crippen molar-refractivity contribution in [3.05, 3.63) is 23.1 Å². The fourth-order valence-corrected chi connectivity index (χ4v) is 4.21. The van der Waals surface area contributed by atoms with Gasteiger partial charge in [0, 0.05) is 12.1 Å². The van der Waals surface area contributed by atoms with Crippen molar-refractivity contribution in [1.29, 1.82) is 0 Å². The summed E-state index contributed by atoms with van der Waals surface area (Å²) in [5, 5.41) is 4.11. The molecule has 4 heteroatoms. The van der Waals surface area contributed by atoms with Gasteiger partial charge in [0.2, 0.25) is 0 Å². The summed E-state index contributed by atoms with van der Waals surface area (Å²) in [4.78, 5) is 2.78. The van der Waals surface area contributed by atoms with E-state index in [0.29, 0.717) is 10.8 Å². The van der Waals surface area contributed by atoms with Gasteiger partial charge in [0.25, 0.3) is 0 Å². The third-order valence-corrected chi connectivity index (χ3v) is 5.40. The molecular weight excluding hydrogens is 284 g/mol. The minimum Gasteiger partial charge on any atom is -0.448 e. The zero-order chi connectivity index (χ0) is 14.5. The van der Waals surface area contributed by atoms with Gasteiger partial charge >= 0.3 is 0 Å². The average molecular weight is 311 g/mol. The normalized spacial score (nSPS) is 23.3. The van der Waals surface area contributed by atoms with Gasteiger partial charge in [-0.05, 0) is 62.5 Å². The van der Waals surface area contributed by atoms with Gasteiger partial charge in [0.1, 0.15) is 5.76 Å². The molecule has 0 radical (unpaired) electrons. The molecule has 2 fully saturated rings. The van der Waals surface area contributed by atoms with Crippen molar-refractivity contribution < 1.29 is 4.42 Å². The number of halogens is 1. The maximum absolute atomic E-state index is 5.83. The third kappa shape index (κ3) is 3.82. The van der Waals surface area contributed by atoms with Crippen molar-refractivity contribution in [3.63, 3.8) is 0 Å². The number of rotatable bonds is 5. The third-order valence-electron chi connectivity index (χ3n) is 5.19. The van der Waals surface area contributed by atoms with Crippen LogP contribution in [0.3, 0.4) is 0 Å². The molecular formula is C17H27ClN2O. The molecule has 1 aromatic heterocycles. The van der Waals surface area contributed by atoms with Crippen LogP contribution in [-0.2, 0) is 6.54 Å². The fraction of sp³-hybridized carbons (Fsp3) is 0.765. The summed E-state index contributed by atoms with van der Waals surface area (Å²) >= 11 is 5.83. The van der Waals surface area contributed by atoms with Gasteiger partial charge in [-0.2, -0.15) is 0 Å². The van der Waals surface area contributed by atoms with Crippen LogP contribution in [0.4, 0.5) is 0 Å². The summed E-state index contributed by atoms with van der Waals surface area (Å²) < 4.78 is 5.44. The molecule has 0 atom stereocenters. The first-order chi connectivity index (χ1) is 10.3. The zero-order valence-electron chi connectivity index (χ0n) is 12.9. The fourth-order valence-electron chi connectivity index (χ4n) is 4.05. The molecule has 2 heterocycles. The van der Waals surface area contributed by atoms with E-state index in [1.807, 2.05) is 12.1 Å². The molecule has 1 aliphatic carbocycles. The van der Waals surface area contributed by atoms with Gasteiger partial charge in [0.05, 0.1) is 6.54 Å². The number of furan rings is 1. The first-order valence-corrected chi connectivity index (χ1v) is 8.86. The van der Waals surface area contributed by atoms with Crippen molar-refractivity contribution in [2.24, 2.45) is 0 Å². The van der Waals surface area contributed by atoms with Gasteiger partial charge < -0.3 is 9.73 Å². The standard InChI is InChI=1S/C17H27ClN2O/c18-16-8-7-15(21-16)13-19-14-17(9-3-1-4-10-17)20-11-5-2-6-12-20/h7-8,19H,1-6,9-14H2. The highest BCUT2D eigenvalue weighted by Gasteiger charge is 2.37. The summed E-state index contributed by atoms with van der Waals surface area (Å²) in [6, 6.07) is 3.78. The molecule has 1 saturated heterocycles. The molecule has 1 aromatic rings. The lowest BCUT2D eigenvalue weighted by Gasteiger charge is -2.48. The van der Waals surface area contributed by atoms with E-state index >= 15 is 0 Å². The molecule has 0 spiro atoms. The second kappa shape index (κ2) is 7.17. The van der Waals surface area contributed by atoms with E-state index < -0.39 is 0 Å². The maximum atomic E-state index is 5.83. The predicted octanol–water partition coefficient (Wildman–Crippen LogP) is 4.21. The van der Waals surface area contributed by atoms with E-state index in [-0.39, 0.29) is 0 Å². The second-order valence-electron chi connectivity index (χ2n) is 6.64. The maximum Gasteiger partial charge on any atom is 0.193 e. The van der Waals surface area contributed by atoms with Crippen LogP contribution in [0.25, 0.3) is 0 Å². The average Bonchev–Trinajstić information content (AvgIpc) is 2.95. The van der Waals surface area contributed by atoms with Gasteiger partial charge in [0.15, 0.2) is 5.22 Å².